The Labute approximate surface area is 151 Å². The molecule has 3 nitrogen and oxygen atoms in total. The predicted molar refractivity (Wildman–Crippen MR) is 102 cm³/mol. The molecule has 0 spiro atoms. The summed E-state index contributed by atoms with van der Waals surface area (Å²) in [6, 6.07) is 0. The molecule has 0 aromatic heterocycles. The van der Waals surface area contributed by atoms with Gasteiger partial charge >= 0.3 is 0 Å². The number of carbonyl (C=O) groups excluding carboxylic acids is 1. The molecule has 0 saturated heterocycles. The Morgan fingerprint density at radius 3 is 1.21 bits per heavy atom. The van der Waals surface area contributed by atoms with Gasteiger partial charge in [0.2, 0.25) is 0 Å². The highest BCUT2D eigenvalue weighted by atomic mass is 16.4. The number of amides is 1. The lowest BCUT2D eigenvalue weighted by atomic mass is 10.0. The Balaban J connectivity index is 3.14. The number of carbonyl (C=O) groups is 1. The maximum Gasteiger partial charge on any atom is 0.256 e. The van der Waals surface area contributed by atoms with Gasteiger partial charge in [0.15, 0.2) is 0 Å². The van der Waals surface area contributed by atoms with Crippen molar-refractivity contribution in [3.8, 4) is 0 Å². The molecule has 0 aliphatic rings. The van der Waals surface area contributed by atoms with Crippen molar-refractivity contribution in [1.29, 1.82) is 0 Å². The van der Waals surface area contributed by atoms with Crippen LogP contribution in [0.2, 0.25) is 0 Å². The molecule has 0 radical (unpaired) electrons. The van der Waals surface area contributed by atoms with E-state index in [1.54, 1.807) is 14.1 Å². The fraction of sp³-hybridized carbons (Fsp3) is 0.952. The van der Waals surface area contributed by atoms with E-state index in [0.717, 1.165) is 12.8 Å². The van der Waals surface area contributed by atoms with Crippen LogP contribution >= 0.6 is 0 Å². The van der Waals surface area contributed by atoms with Crippen LogP contribution in [-0.2, 0) is 0 Å². The molecular formula is C21H43NO2. The molecule has 1 amide bonds. The summed E-state index contributed by atoms with van der Waals surface area (Å²) in [5, 5.41) is 10.9. The lowest BCUT2D eigenvalue weighted by Gasteiger charge is -2.28. The van der Waals surface area contributed by atoms with Gasteiger partial charge in [-0.2, -0.15) is 0 Å². The molecule has 0 aliphatic heterocycles. The molecule has 0 N–H and O–H groups in total. The van der Waals surface area contributed by atoms with Crippen LogP contribution in [-0.4, -0.2) is 31.2 Å². The summed E-state index contributed by atoms with van der Waals surface area (Å²) in [7, 11) is 3.42. The Bertz CT molecular complexity index is 290. The molecule has 24 heavy (non-hydrogen) atoms. The summed E-state index contributed by atoms with van der Waals surface area (Å²) in [5.74, 6) is 0. The third kappa shape index (κ3) is 15.0. The number of quaternary nitrogens is 1. The summed E-state index contributed by atoms with van der Waals surface area (Å²) in [6.07, 6.45) is 20.6. The maximum atomic E-state index is 10.9. The fourth-order valence-electron chi connectivity index (χ4n) is 3.15. The van der Waals surface area contributed by atoms with Gasteiger partial charge < -0.3 is 9.90 Å². The average molecular weight is 342 g/mol. The highest BCUT2D eigenvalue weighted by Gasteiger charge is 2.16. The lowest BCUT2D eigenvalue weighted by molar-refractivity contribution is -0.838. The first kappa shape index (κ1) is 23.4. The molecule has 0 aromatic carbocycles. The summed E-state index contributed by atoms with van der Waals surface area (Å²) >= 11 is 0. The van der Waals surface area contributed by atoms with E-state index >= 15 is 0 Å². The van der Waals surface area contributed by atoms with Crippen molar-refractivity contribution in [2.75, 3.05) is 20.6 Å². The molecule has 0 aromatic rings. The van der Waals surface area contributed by atoms with Crippen LogP contribution in [0.3, 0.4) is 0 Å². The Morgan fingerprint density at radius 2 is 0.917 bits per heavy atom. The predicted octanol–water partition coefficient (Wildman–Crippen LogP) is 5.67. The lowest BCUT2D eigenvalue weighted by Crippen LogP contribution is -2.53. The summed E-state index contributed by atoms with van der Waals surface area (Å²) < 4.78 is -0.0153. The quantitative estimate of drug-likeness (QED) is 0.253. The van der Waals surface area contributed by atoms with Gasteiger partial charge in [-0.05, 0) is 12.8 Å². The Kier molecular flexibility index (Phi) is 15.6. The topological polar surface area (TPSA) is 40.1 Å². The van der Waals surface area contributed by atoms with Crippen LogP contribution in [0.1, 0.15) is 110 Å². The fourth-order valence-corrected chi connectivity index (χ4v) is 3.15. The number of hydrogen-bond acceptors (Lipinski definition) is 2. The van der Waals surface area contributed by atoms with E-state index in [1.807, 2.05) is 0 Å². The van der Waals surface area contributed by atoms with Gasteiger partial charge in [-0.1, -0.05) is 96.8 Å². The first-order chi connectivity index (χ1) is 11.5. The first-order valence-electron chi connectivity index (χ1n) is 10.5. The molecule has 0 rings (SSSR count). The van der Waals surface area contributed by atoms with Crippen molar-refractivity contribution in [3.63, 3.8) is 0 Å². The van der Waals surface area contributed by atoms with Crippen LogP contribution in [0.5, 0.6) is 0 Å². The first-order valence-corrected chi connectivity index (χ1v) is 10.5. The zero-order valence-corrected chi connectivity index (χ0v) is 16.8. The molecule has 0 aliphatic carbocycles. The van der Waals surface area contributed by atoms with E-state index in [9.17, 15) is 9.90 Å². The Morgan fingerprint density at radius 1 is 0.625 bits per heavy atom. The average Bonchev–Trinajstić information content (AvgIpc) is 2.54. The molecule has 0 fully saturated rings. The number of unbranched alkanes of at least 4 members (excludes halogenated alkanes) is 15. The second kappa shape index (κ2) is 15.9. The minimum atomic E-state index is -0.976. The van der Waals surface area contributed by atoms with E-state index in [1.165, 1.54) is 89.9 Å². The van der Waals surface area contributed by atoms with Crippen LogP contribution < -0.4 is 5.11 Å². The van der Waals surface area contributed by atoms with E-state index in [0.29, 0.717) is 6.54 Å². The van der Waals surface area contributed by atoms with Crippen molar-refractivity contribution in [2.45, 2.75) is 110 Å². The molecule has 3 heteroatoms. The van der Waals surface area contributed by atoms with Crippen molar-refractivity contribution < 1.29 is 14.4 Å². The van der Waals surface area contributed by atoms with Gasteiger partial charge in [-0.3, -0.25) is 4.48 Å². The van der Waals surface area contributed by atoms with E-state index in [2.05, 4.69) is 6.92 Å². The van der Waals surface area contributed by atoms with Gasteiger partial charge in [-0.25, -0.2) is 0 Å². The SMILES string of the molecule is CCCCCCCCCCCCCCCCCC[N+](C)(C)C(=O)[O-]. The monoisotopic (exact) mass is 341 g/mol. The number of nitrogens with zero attached hydrogens (tertiary/aromatic N) is 1. The third-order valence-electron chi connectivity index (χ3n) is 5.06. The number of hydrogen-bond donors (Lipinski definition) is 0. The second-order valence-corrected chi connectivity index (χ2v) is 7.98. The van der Waals surface area contributed by atoms with Crippen molar-refractivity contribution in [1.82, 2.24) is 0 Å². The van der Waals surface area contributed by atoms with Gasteiger partial charge in [0, 0.05) is 0 Å². The van der Waals surface area contributed by atoms with Gasteiger partial charge in [0.25, 0.3) is 6.09 Å². The molecule has 0 atom stereocenters. The Hall–Kier alpha value is -0.570. The van der Waals surface area contributed by atoms with E-state index in [4.69, 9.17) is 0 Å². The molecule has 0 saturated carbocycles. The smallest absolute Gasteiger partial charge is 0.256 e. The standard InChI is InChI=1S/C21H43NO2/c1-4-5-6-7-8-9-10-11-12-13-14-15-16-17-18-19-20-22(2,3)21(23)24/h4-20H2,1-3H3. The van der Waals surface area contributed by atoms with Crippen molar-refractivity contribution in [2.24, 2.45) is 0 Å². The largest absolute Gasteiger partial charge is 0.498 e. The van der Waals surface area contributed by atoms with Crippen LogP contribution in [0.25, 0.3) is 0 Å². The second-order valence-electron chi connectivity index (χ2n) is 7.98. The number of carboxylic acid groups (broad SMARTS) is 1. The van der Waals surface area contributed by atoms with Crippen LogP contribution in [0, 0.1) is 0 Å². The van der Waals surface area contributed by atoms with Crippen molar-refractivity contribution in [3.05, 3.63) is 0 Å². The molecule has 0 bridgehead atoms. The van der Waals surface area contributed by atoms with Gasteiger partial charge in [0.1, 0.15) is 0 Å². The zero-order valence-electron chi connectivity index (χ0n) is 16.8. The molecule has 0 unspecified atom stereocenters. The van der Waals surface area contributed by atoms with Gasteiger partial charge in [-0.15, -0.1) is 0 Å². The summed E-state index contributed by atoms with van der Waals surface area (Å²) in [5.41, 5.74) is 0. The number of rotatable bonds is 17. The minimum absolute atomic E-state index is 0.0153. The molecular weight excluding hydrogens is 298 g/mol. The maximum absolute atomic E-state index is 10.9. The highest BCUT2D eigenvalue weighted by molar-refractivity contribution is 5.53. The minimum Gasteiger partial charge on any atom is -0.498 e. The van der Waals surface area contributed by atoms with Gasteiger partial charge in [0.05, 0.1) is 20.6 Å². The summed E-state index contributed by atoms with van der Waals surface area (Å²) in [6.45, 7) is 2.96. The van der Waals surface area contributed by atoms with Crippen LogP contribution in [0.15, 0.2) is 0 Å². The van der Waals surface area contributed by atoms with E-state index in [-0.39, 0.29) is 4.48 Å². The van der Waals surface area contributed by atoms with Crippen molar-refractivity contribution >= 4 is 6.09 Å². The zero-order chi connectivity index (χ0) is 18.1. The van der Waals surface area contributed by atoms with Crippen LogP contribution in [0.4, 0.5) is 4.79 Å². The molecule has 144 valence electrons. The van der Waals surface area contributed by atoms with E-state index < -0.39 is 6.09 Å². The summed E-state index contributed by atoms with van der Waals surface area (Å²) in [4.78, 5) is 10.9. The third-order valence-corrected chi connectivity index (χ3v) is 5.06. The highest BCUT2D eigenvalue weighted by Crippen LogP contribution is 2.14. The normalized spacial score (nSPS) is 11.8. The molecule has 0 heterocycles.